The zero-order valence-electron chi connectivity index (χ0n) is 10.6. The zero-order valence-corrected chi connectivity index (χ0v) is 10.6. The van der Waals surface area contributed by atoms with E-state index in [-0.39, 0.29) is 18.5 Å². The van der Waals surface area contributed by atoms with Gasteiger partial charge in [0.2, 0.25) is 5.91 Å². The summed E-state index contributed by atoms with van der Waals surface area (Å²) in [7, 11) is 3.42. The van der Waals surface area contributed by atoms with Crippen LogP contribution in [0.1, 0.15) is 12.5 Å². The fraction of sp³-hybridized carbons (Fsp3) is 0.462. The molecule has 0 saturated heterocycles. The quantitative estimate of drug-likeness (QED) is 0.831. The predicted octanol–water partition coefficient (Wildman–Crippen LogP) is 1.04. The van der Waals surface area contributed by atoms with Gasteiger partial charge in [-0.15, -0.1) is 0 Å². The van der Waals surface area contributed by atoms with Crippen LogP contribution >= 0.6 is 0 Å². The Kier molecular flexibility index (Phi) is 4.97. The van der Waals surface area contributed by atoms with E-state index in [9.17, 15) is 4.79 Å². The van der Waals surface area contributed by atoms with Gasteiger partial charge in [-0.1, -0.05) is 18.2 Å². The fourth-order valence-corrected chi connectivity index (χ4v) is 1.72. The van der Waals surface area contributed by atoms with Crippen molar-refractivity contribution in [3.05, 3.63) is 29.8 Å². The molecule has 4 nitrogen and oxygen atoms in total. The van der Waals surface area contributed by atoms with E-state index in [4.69, 9.17) is 10.5 Å². The van der Waals surface area contributed by atoms with Crippen LogP contribution in [0.15, 0.2) is 24.3 Å². The van der Waals surface area contributed by atoms with Crippen molar-refractivity contribution in [1.82, 2.24) is 4.90 Å². The van der Waals surface area contributed by atoms with Crippen molar-refractivity contribution in [3.63, 3.8) is 0 Å². The average Bonchev–Trinajstić information content (AvgIpc) is 2.37. The summed E-state index contributed by atoms with van der Waals surface area (Å²) in [6.07, 6.45) is 0.756. The van der Waals surface area contributed by atoms with Gasteiger partial charge in [0, 0.05) is 13.1 Å². The lowest BCUT2D eigenvalue weighted by Gasteiger charge is -2.25. The van der Waals surface area contributed by atoms with E-state index in [0.29, 0.717) is 0 Å². The molecular weight excluding hydrogens is 216 g/mol. The number of para-hydroxylation sites is 1. The van der Waals surface area contributed by atoms with E-state index in [2.05, 4.69) is 0 Å². The minimum Gasteiger partial charge on any atom is -0.496 e. The molecule has 0 aliphatic heterocycles. The van der Waals surface area contributed by atoms with Crippen molar-refractivity contribution in [1.29, 1.82) is 0 Å². The van der Waals surface area contributed by atoms with Crippen molar-refractivity contribution in [2.45, 2.75) is 19.4 Å². The number of nitrogens with zero attached hydrogens (tertiary/aromatic N) is 1. The smallest absolute Gasteiger partial charge is 0.236 e. The number of carbonyl (C=O) groups is 1. The minimum absolute atomic E-state index is 0.0484. The molecule has 0 heterocycles. The lowest BCUT2D eigenvalue weighted by molar-refractivity contribution is -0.130. The third-order valence-electron chi connectivity index (χ3n) is 2.94. The van der Waals surface area contributed by atoms with E-state index in [1.54, 1.807) is 19.1 Å². The lowest BCUT2D eigenvalue weighted by atomic mass is 10.1. The molecule has 1 amide bonds. The highest BCUT2D eigenvalue weighted by Crippen LogP contribution is 2.20. The molecule has 4 heteroatoms. The molecule has 1 aromatic carbocycles. The maximum atomic E-state index is 11.5. The van der Waals surface area contributed by atoms with Crippen LogP contribution in [0.2, 0.25) is 0 Å². The van der Waals surface area contributed by atoms with Gasteiger partial charge in [0.05, 0.1) is 13.7 Å². The molecule has 1 unspecified atom stereocenters. The van der Waals surface area contributed by atoms with Crippen LogP contribution in [-0.4, -0.2) is 37.6 Å². The first-order chi connectivity index (χ1) is 8.10. The molecule has 1 aromatic rings. The molecule has 0 fully saturated rings. The van der Waals surface area contributed by atoms with Gasteiger partial charge >= 0.3 is 0 Å². The Labute approximate surface area is 102 Å². The van der Waals surface area contributed by atoms with Gasteiger partial charge < -0.3 is 15.4 Å². The Morgan fingerprint density at radius 2 is 2.12 bits per heavy atom. The molecule has 0 saturated carbocycles. The highest BCUT2D eigenvalue weighted by atomic mass is 16.5. The van der Waals surface area contributed by atoms with E-state index in [1.807, 2.05) is 31.2 Å². The maximum Gasteiger partial charge on any atom is 0.236 e. The molecule has 0 spiro atoms. The first kappa shape index (κ1) is 13.5. The zero-order chi connectivity index (χ0) is 12.8. The van der Waals surface area contributed by atoms with Gasteiger partial charge in [-0.05, 0) is 25.0 Å². The van der Waals surface area contributed by atoms with Crippen molar-refractivity contribution >= 4 is 5.91 Å². The summed E-state index contributed by atoms with van der Waals surface area (Å²) in [5.74, 6) is 0.806. The number of rotatable bonds is 5. The summed E-state index contributed by atoms with van der Waals surface area (Å²) in [4.78, 5) is 13.1. The number of ether oxygens (including phenoxy) is 1. The molecule has 0 aliphatic carbocycles. The van der Waals surface area contributed by atoms with Crippen molar-refractivity contribution < 1.29 is 9.53 Å². The lowest BCUT2D eigenvalue weighted by Crippen LogP contribution is -2.40. The first-order valence-corrected chi connectivity index (χ1v) is 5.67. The number of hydrogen-bond acceptors (Lipinski definition) is 3. The number of carbonyl (C=O) groups excluding carboxylic acids is 1. The normalized spacial score (nSPS) is 12.0. The molecule has 94 valence electrons. The van der Waals surface area contributed by atoms with Crippen LogP contribution in [0.3, 0.4) is 0 Å². The molecule has 1 atom stereocenters. The van der Waals surface area contributed by atoms with E-state index < -0.39 is 0 Å². The summed E-state index contributed by atoms with van der Waals surface area (Å²) in [6.45, 7) is 2.05. The highest BCUT2D eigenvalue weighted by molar-refractivity contribution is 5.78. The number of hydrogen-bond donors (Lipinski definition) is 1. The Morgan fingerprint density at radius 3 is 2.71 bits per heavy atom. The molecule has 0 aromatic heterocycles. The molecule has 0 aliphatic rings. The van der Waals surface area contributed by atoms with Gasteiger partial charge in [0.15, 0.2) is 0 Å². The van der Waals surface area contributed by atoms with Crippen molar-refractivity contribution in [2.75, 3.05) is 20.7 Å². The average molecular weight is 236 g/mol. The second-order valence-electron chi connectivity index (χ2n) is 4.07. The van der Waals surface area contributed by atoms with Gasteiger partial charge in [-0.25, -0.2) is 0 Å². The van der Waals surface area contributed by atoms with Crippen LogP contribution in [0.4, 0.5) is 0 Å². The number of likely N-dealkylation sites (N-methyl/N-ethyl adjacent to an activating group) is 1. The maximum absolute atomic E-state index is 11.5. The topological polar surface area (TPSA) is 55.6 Å². The Balaban J connectivity index is 2.73. The summed E-state index contributed by atoms with van der Waals surface area (Å²) in [5, 5.41) is 0. The van der Waals surface area contributed by atoms with Crippen molar-refractivity contribution in [2.24, 2.45) is 5.73 Å². The van der Waals surface area contributed by atoms with Crippen LogP contribution in [0.25, 0.3) is 0 Å². The van der Waals surface area contributed by atoms with E-state index in [0.717, 1.165) is 17.7 Å². The highest BCUT2D eigenvalue weighted by Gasteiger charge is 2.16. The number of amides is 1. The van der Waals surface area contributed by atoms with Crippen LogP contribution in [-0.2, 0) is 11.2 Å². The molecule has 0 radical (unpaired) electrons. The number of nitrogens with two attached hydrogens (primary N) is 1. The number of methoxy groups -OCH3 is 1. The second kappa shape index (κ2) is 6.25. The van der Waals surface area contributed by atoms with Crippen molar-refractivity contribution in [3.8, 4) is 5.75 Å². The third-order valence-corrected chi connectivity index (χ3v) is 2.94. The van der Waals surface area contributed by atoms with Crippen LogP contribution in [0.5, 0.6) is 5.75 Å². The summed E-state index contributed by atoms with van der Waals surface area (Å²) in [6, 6.07) is 7.93. The Morgan fingerprint density at radius 1 is 1.47 bits per heavy atom. The molecular formula is C13H20N2O2. The summed E-state index contributed by atoms with van der Waals surface area (Å²) >= 11 is 0. The minimum atomic E-state index is -0.0487. The van der Waals surface area contributed by atoms with Crippen LogP contribution in [0, 0.1) is 0 Å². The molecule has 0 bridgehead atoms. The van der Waals surface area contributed by atoms with Gasteiger partial charge in [0.25, 0.3) is 0 Å². The molecule has 2 N–H and O–H groups in total. The molecule has 1 rings (SSSR count). The Hall–Kier alpha value is -1.55. The van der Waals surface area contributed by atoms with Gasteiger partial charge in [-0.2, -0.15) is 0 Å². The third kappa shape index (κ3) is 3.46. The molecule has 17 heavy (non-hydrogen) atoms. The second-order valence-corrected chi connectivity index (χ2v) is 4.07. The van der Waals surface area contributed by atoms with Gasteiger partial charge in [0.1, 0.15) is 5.75 Å². The SMILES string of the molecule is COc1ccccc1CC(C)N(C)C(=O)CN. The standard InChI is InChI=1S/C13H20N2O2/c1-10(15(2)13(16)9-14)8-11-6-4-5-7-12(11)17-3/h4-7,10H,8-9,14H2,1-3H3. The largest absolute Gasteiger partial charge is 0.496 e. The van der Waals surface area contributed by atoms with E-state index >= 15 is 0 Å². The fourth-order valence-electron chi connectivity index (χ4n) is 1.72. The summed E-state index contributed by atoms with van der Waals surface area (Å²) < 4.78 is 5.28. The monoisotopic (exact) mass is 236 g/mol. The summed E-state index contributed by atoms with van der Waals surface area (Å²) in [5.41, 5.74) is 6.44. The van der Waals surface area contributed by atoms with E-state index in [1.165, 1.54) is 0 Å². The first-order valence-electron chi connectivity index (χ1n) is 5.67. The predicted molar refractivity (Wildman–Crippen MR) is 68.0 cm³/mol. The number of benzene rings is 1. The Bertz CT molecular complexity index is 379. The van der Waals surface area contributed by atoms with Crippen LogP contribution < -0.4 is 10.5 Å². The van der Waals surface area contributed by atoms with Gasteiger partial charge in [-0.3, -0.25) is 4.79 Å².